The van der Waals surface area contributed by atoms with Crippen LogP contribution in [0.2, 0.25) is 10.0 Å². The van der Waals surface area contributed by atoms with Crippen LogP contribution in [0.3, 0.4) is 0 Å². The Balaban J connectivity index is 1.62. The summed E-state index contributed by atoms with van der Waals surface area (Å²) in [4.78, 5) is 0. The van der Waals surface area contributed by atoms with Gasteiger partial charge in [0.25, 0.3) is 0 Å². The fraction of sp³-hybridized carbons (Fsp3) is 0.130. The van der Waals surface area contributed by atoms with Crippen molar-refractivity contribution in [3.8, 4) is 11.4 Å². The molecule has 1 aliphatic heterocycles. The average molecular weight is 505 g/mol. The third-order valence-corrected chi connectivity index (χ3v) is 6.72. The first-order valence-electron chi connectivity index (χ1n) is 9.89. The van der Waals surface area contributed by atoms with Gasteiger partial charge in [0.15, 0.2) is 5.82 Å². The molecule has 2 heterocycles. The van der Waals surface area contributed by atoms with E-state index in [2.05, 4.69) is 5.10 Å². The van der Waals surface area contributed by atoms with Crippen LogP contribution in [0.4, 0.5) is 8.78 Å². The molecule has 0 spiro atoms. The highest BCUT2D eigenvalue weighted by Crippen LogP contribution is 2.59. The molecule has 1 fully saturated rings. The van der Waals surface area contributed by atoms with Crippen LogP contribution in [0, 0.1) is 16.4 Å². The molecule has 0 amide bonds. The quantitative estimate of drug-likeness (QED) is 0.204. The molecule has 33 heavy (non-hydrogen) atoms. The maximum Gasteiger partial charge on any atom is 0.217 e. The summed E-state index contributed by atoms with van der Waals surface area (Å²) >= 11 is 18.2. The first-order chi connectivity index (χ1) is 15.8. The Morgan fingerprint density at radius 2 is 1.73 bits per heavy atom. The molecular formula is C23H16Cl2F2N4OS. The summed E-state index contributed by atoms with van der Waals surface area (Å²) in [5, 5.41) is 5.47. The summed E-state index contributed by atoms with van der Waals surface area (Å²) in [5.41, 5.74) is 0.218. The minimum absolute atomic E-state index is 0.0198. The largest absolute Gasteiger partial charge is 0.354 e. The maximum absolute atomic E-state index is 14.9. The predicted molar refractivity (Wildman–Crippen MR) is 125 cm³/mol. The number of aromatic nitrogens is 3. The zero-order valence-electron chi connectivity index (χ0n) is 16.9. The molecule has 10 heteroatoms. The number of hydrogen-bond acceptors (Lipinski definition) is 4. The zero-order valence-corrected chi connectivity index (χ0v) is 19.2. The van der Waals surface area contributed by atoms with Gasteiger partial charge < -0.3 is 10.6 Å². The first kappa shape index (κ1) is 22.0. The van der Waals surface area contributed by atoms with E-state index in [4.69, 9.17) is 46.0 Å². The smallest absolute Gasteiger partial charge is 0.217 e. The van der Waals surface area contributed by atoms with E-state index in [9.17, 15) is 8.78 Å². The second-order valence-corrected chi connectivity index (χ2v) is 8.83. The lowest BCUT2D eigenvalue weighted by atomic mass is 9.91. The zero-order chi connectivity index (χ0) is 23.3. The highest BCUT2D eigenvalue weighted by molar-refractivity contribution is 7.71. The van der Waals surface area contributed by atoms with Crippen LogP contribution >= 0.6 is 35.4 Å². The molecule has 5 rings (SSSR count). The summed E-state index contributed by atoms with van der Waals surface area (Å²) in [6, 6.07) is 17.5. The van der Waals surface area contributed by atoms with E-state index in [1.54, 1.807) is 42.5 Å². The van der Waals surface area contributed by atoms with Crippen molar-refractivity contribution < 1.29 is 13.5 Å². The van der Waals surface area contributed by atoms with Crippen LogP contribution in [0.25, 0.3) is 11.4 Å². The molecule has 2 N–H and O–H groups in total. The number of benzene rings is 3. The van der Waals surface area contributed by atoms with Gasteiger partial charge in [-0.3, -0.25) is 0 Å². The molecule has 1 aromatic heterocycles. The van der Waals surface area contributed by atoms with E-state index in [-0.39, 0.29) is 16.9 Å². The number of epoxide rings is 1. The number of halogens is 4. The van der Waals surface area contributed by atoms with E-state index < -0.39 is 23.3 Å². The van der Waals surface area contributed by atoms with Gasteiger partial charge in [-0.2, -0.15) is 0 Å². The van der Waals surface area contributed by atoms with Crippen LogP contribution in [0.1, 0.15) is 17.2 Å². The van der Waals surface area contributed by atoms with Crippen LogP contribution in [-0.2, 0) is 16.9 Å². The van der Waals surface area contributed by atoms with Crippen LogP contribution in [0.5, 0.6) is 0 Å². The van der Waals surface area contributed by atoms with Gasteiger partial charge in [-0.25, -0.2) is 18.1 Å². The third-order valence-electron chi connectivity index (χ3n) is 5.64. The van der Waals surface area contributed by atoms with E-state index in [0.29, 0.717) is 27.0 Å². The van der Waals surface area contributed by atoms with E-state index in [1.807, 2.05) is 6.07 Å². The lowest BCUT2D eigenvalue weighted by molar-refractivity contribution is 0.255. The Morgan fingerprint density at radius 3 is 2.42 bits per heavy atom. The summed E-state index contributed by atoms with van der Waals surface area (Å²) in [6.45, 7) is 0.0198. The number of nitrogens with zero attached hydrogens (tertiary/aromatic N) is 3. The molecule has 168 valence electrons. The molecule has 0 unspecified atom stereocenters. The van der Waals surface area contributed by atoms with Crippen LogP contribution in [0.15, 0.2) is 66.7 Å². The number of rotatable bonds is 5. The highest BCUT2D eigenvalue weighted by atomic mass is 35.5. The summed E-state index contributed by atoms with van der Waals surface area (Å²) in [6.07, 6.45) is -0.597. The minimum atomic E-state index is -1.22. The number of nitrogen functional groups attached to an aromatic ring is 1. The summed E-state index contributed by atoms with van der Waals surface area (Å²) in [7, 11) is 0. The molecular weight excluding hydrogens is 489 g/mol. The standard InChI is InChI=1S/C23H16Cl2F2N4OS/c24-17-7-3-1-5-14(17)20-23(32-20,16-10-9-13(26)11-19(16)27)12-30-22(33)31(28)21(29-30)15-6-2-4-8-18(15)25/h1-11,20H,12,28H2/t20-,23+/m1/s1. The molecule has 0 saturated carbocycles. The highest BCUT2D eigenvalue weighted by Gasteiger charge is 2.61. The topological polar surface area (TPSA) is 61.3 Å². The van der Waals surface area contributed by atoms with Crippen molar-refractivity contribution in [1.82, 2.24) is 14.5 Å². The lowest BCUT2D eigenvalue weighted by Gasteiger charge is -2.15. The third kappa shape index (κ3) is 3.73. The monoisotopic (exact) mass is 504 g/mol. The van der Waals surface area contributed by atoms with Crippen LogP contribution in [-0.4, -0.2) is 14.5 Å². The van der Waals surface area contributed by atoms with E-state index in [0.717, 1.165) is 6.07 Å². The number of hydrogen-bond donors (Lipinski definition) is 1. The maximum atomic E-state index is 14.9. The van der Waals surface area contributed by atoms with Crippen molar-refractivity contribution in [1.29, 1.82) is 0 Å². The lowest BCUT2D eigenvalue weighted by Crippen LogP contribution is -2.22. The predicted octanol–water partition coefficient (Wildman–Crippen LogP) is 6.05. The van der Waals surface area contributed by atoms with Gasteiger partial charge in [0, 0.05) is 27.8 Å². The van der Waals surface area contributed by atoms with E-state index >= 15 is 0 Å². The van der Waals surface area contributed by atoms with Gasteiger partial charge in [0.1, 0.15) is 23.3 Å². The number of ether oxygens (including phenoxy) is 1. The minimum Gasteiger partial charge on any atom is -0.354 e. The molecule has 1 saturated heterocycles. The fourth-order valence-electron chi connectivity index (χ4n) is 3.99. The average Bonchev–Trinajstić information content (AvgIpc) is 3.43. The molecule has 0 aliphatic carbocycles. The molecule has 0 bridgehead atoms. The first-order valence-corrected chi connectivity index (χ1v) is 11.1. The van der Waals surface area contributed by atoms with Crippen molar-refractivity contribution >= 4 is 35.4 Å². The Hall–Kier alpha value is -2.78. The van der Waals surface area contributed by atoms with E-state index in [1.165, 1.54) is 21.5 Å². The second kappa shape index (κ2) is 8.22. The molecule has 4 aromatic rings. The van der Waals surface area contributed by atoms with Gasteiger partial charge in [0.05, 0.1) is 11.6 Å². The molecule has 2 atom stereocenters. The van der Waals surface area contributed by atoms with Crippen molar-refractivity contribution in [3.05, 3.63) is 104 Å². The van der Waals surface area contributed by atoms with Gasteiger partial charge in [-0.1, -0.05) is 59.6 Å². The van der Waals surface area contributed by atoms with Crippen molar-refractivity contribution in [2.24, 2.45) is 0 Å². The van der Waals surface area contributed by atoms with Crippen molar-refractivity contribution in [2.75, 3.05) is 5.84 Å². The summed E-state index contributed by atoms with van der Waals surface area (Å²) in [5.74, 6) is 5.10. The Kier molecular flexibility index (Phi) is 5.49. The van der Waals surface area contributed by atoms with Gasteiger partial charge in [-0.05, 0) is 36.5 Å². The molecule has 0 radical (unpaired) electrons. The second-order valence-electron chi connectivity index (χ2n) is 7.65. The van der Waals surface area contributed by atoms with Gasteiger partial charge in [-0.15, -0.1) is 5.10 Å². The molecule has 1 aliphatic rings. The Morgan fingerprint density at radius 1 is 1.03 bits per heavy atom. The molecule has 3 aromatic carbocycles. The van der Waals surface area contributed by atoms with Crippen molar-refractivity contribution in [3.63, 3.8) is 0 Å². The Labute approximate surface area is 202 Å². The van der Waals surface area contributed by atoms with Crippen LogP contribution < -0.4 is 5.84 Å². The fourth-order valence-corrected chi connectivity index (χ4v) is 4.64. The normalized spacial score (nSPS) is 19.6. The Bertz CT molecular complexity index is 1440. The van der Waals surface area contributed by atoms with Crippen molar-refractivity contribution in [2.45, 2.75) is 18.2 Å². The van der Waals surface area contributed by atoms with Gasteiger partial charge >= 0.3 is 0 Å². The van der Waals surface area contributed by atoms with Gasteiger partial charge in [0.2, 0.25) is 4.77 Å². The SMILES string of the molecule is Nn1c(-c2ccccc2Cl)nn(C[C@@]2(c3ccc(F)cc3F)O[C@@H]2c2ccccc2Cl)c1=S. The molecule has 5 nitrogen and oxygen atoms in total. The number of nitrogens with two attached hydrogens (primary N) is 1. The summed E-state index contributed by atoms with van der Waals surface area (Å²) < 4.78 is 37.5.